The Kier molecular flexibility index (Phi) is 5.64. The van der Waals surface area contributed by atoms with Crippen LogP contribution < -0.4 is 9.05 Å². The van der Waals surface area contributed by atoms with Crippen molar-refractivity contribution in [3.8, 4) is 11.5 Å². The highest BCUT2D eigenvalue weighted by Gasteiger charge is 2.33. The molecule has 2 aromatic rings. The molecule has 6 heteroatoms. The average Bonchev–Trinajstić information content (AvgIpc) is 2.47. The van der Waals surface area contributed by atoms with Crippen molar-refractivity contribution in [3.05, 3.63) is 57.6 Å². The number of rotatable bonds is 5. The summed E-state index contributed by atoms with van der Waals surface area (Å²) in [6, 6.07) is 7.74. The number of phosphoric acid groups is 1. The topological polar surface area (TPSA) is 44.8 Å². The molecule has 0 atom stereocenters. The molecule has 0 unspecified atom stereocenters. The zero-order chi connectivity index (χ0) is 18.1. The number of phosphoric ester groups is 1. The van der Waals surface area contributed by atoms with Crippen molar-refractivity contribution in [3.63, 3.8) is 0 Å². The van der Waals surface area contributed by atoms with Gasteiger partial charge in [0.25, 0.3) is 0 Å². The van der Waals surface area contributed by atoms with Crippen molar-refractivity contribution < 1.29 is 17.7 Å². The van der Waals surface area contributed by atoms with Crippen molar-refractivity contribution in [2.75, 3.05) is 0 Å². The number of hydrogen-bond donors (Lipinski definition) is 0. The molecule has 2 rings (SSSR count). The third-order valence-corrected chi connectivity index (χ3v) is 5.19. The van der Waals surface area contributed by atoms with E-state index in [4.69, 9.17) is 20.9 Å². The molecule has 0 aliphatic heterocycles. The van der Waals surface area contributed by atoms with Crippen LogP contribution in [0.1, 0.15) is 33.4 Å². The van der Waals surface area contributed by atoms with E-state index >= 15 is 0 Å². The van der Waals surface area contributed by atoms with E-state index in [1.165, 1.54) is 0 Å². The van der Waals surface area contributed by atoms with E-state index in [2.05, 4.69) is 4.08 Å². The van der Waals surface area contributed by atoms with Crippen molar-refractivity contribution >= 4 is 19.7 Å². The van der Waals surface area contributed by atoms with E-state index in [1.54, 1.807) is 0 Å². The van der Waals surface area contributed by atoms with Crippen LogP contribution in [0, 0.1) is 41.5 Å². The average molecular weight is 369 g/mol. The third-order valence-electron chi connectivity index (χ3n) is 3.70. The molecule has 4 nitrogen and oxygen atoms in total. The molecule has 0 aromatic heterocycles. The van der Waals surface area contributed by atoms with Gasteiger partial charge in [0.2, 0.25) is 0 Å². The lowest BCUT2D eigenvalue weighted by atomic mass is 10.1. The summed E-state index contributed by atoms with van der Waals surface area (Å²) < 4.78 is 28.7. The Morgan fingerprint density at radius 1 is 0.708 bits per heavy atom. The quantitative estimate of drug-likeness (QED) is 0.583. The van der Waals surface area contributed by atoms with Crippen LogP contribution in [0.3, 0.4) is 0 Å². The number of benzene rings is 2. The molecule has 130 valence electrons. The molecule has 0 radical (unpaired) electrons. The number of halogens is 1. The maximum atomic E-state index is 12.9. The Labute approximate surface area is 148 Å². The SMILES string of the molecule is Cc1cc(C)c(OP(=O)(OCl)Oc2c(C)cc(C)cc2C)c(C)c1. The van der Waals surface area contributed by atoms with E-state index in [9.17, 15) is 4.57 Å². The minimum Gasteiger partial charge on any atom is -0.394 e. The van der Waals surface area contributed by atoms with Crippen LogP contribution >= 0.6 is 19.7 Å². The lowest BCUT2D eigenvalue weighted by molar-refractivity contribution is 0.305. The third kappa shape index (κ3) is 4.13. The fraction of sp³-hybridized carbons (Fsp3) is 0.333. The summed E-state index contributed by atoms with van der Waals surface area (Å²) in [6.45, 7) is 11.5. The standard InChI is InChI=1S/C18H22ClO4P/c1-11-7-13(3)17(14(4)8-11)21-24(20,23-19)22-18-15(5)9-12(2)10-16(18)6/h7-10H,1-6H3. The van der Waals surface area contributed by atoms with Gasteiger partial charge in [-0.2, -0.15) is 4.08 Å². The van der Waals surface area contributed by atoms with E-state index in [0.29, 0.717) is 11.5 Å². The molecule has 0 heterocycles. The van der Waals surface area contributed by atoms with Gasteiger partial charge in [-0.3, -0.25) is 0 Å². The monoisotopic (exact) mass is 368 g/mol. The molecule has 0 amide bonds. The maximum absolute atomic E-state index is 12.9. The molecule has 0 saturated heterocycles. The van der Waals surface area contributed by atoms with Gasteiger partial charge >= 0.3 is 7.82 Å². The molecule has 0 spiro atoms. The molecular weight excluding hydrogens is 347 g/mol. The van der Waals surface area contributed by atoms with Crippen molar-refractivity contribution in [2.24, 2.45) is 0 Å². The fourth-order valence-corrected chi connectivity index (χ4v) is 4.18. The van der Waals surface area contributed by atoms with Gasteiger partial charge in [-0.25, -0.2) is 4.57 Å². The van der Waals surface area contributed by atoms with E-state index in [1.807, 2.05) is 65.8 Å². The lowest BCUT2D eigenvalue weighted by Crippen LogP contribution is -2.05. The minimum atomic E-state index is -4.02. The highest BCUT2D eigenvalue weighted by Crippen LogP contribution is 2.53. The highest BCUT2D eigenvalue weighted by molar-refractivity contribution is 7.50. The summed E-state index contributed by atoms with van der Waals surface area (Å²) >= 11 is 5.47. The van der Waals surface area contributed by atoms with Gasteiger partial charge in [-0.1, -0.05) is 35.4 Å². The first kappa shape index (κ1) is 18.9. The summed E-state index contributed by atoms with van der Waals surface area (Å²) in [6.07, 6.45) is 0. The molecular formula is C18H22ClO4P. The summed E-state index contributed by atoms with van der Waals surface area (Å²) in [5, 5.41) is 0. The zero-order valence-corrected chi connectivity index (χ0v) is 16.4. The molecule has 2 aromatic carbocycles. The smallest absolute Gasteiger partial charge is 0.394 e. The van der Waals surface area contributed by atoms with Crippen molar-refractivity contribution in [2.45, 2.75) is 41.5 Å². The van der Waals surface area contributed by atoms with E-state index < -0.39 is 7.82 Å². The van der Waals surface area contributed by atoms with Crippen LogP contribution in [-0.2, 0) is 8.64 Å². The second-order valence-corrected chi connectivity index (χ2v) is 7.97. The predicted octanol–water partition coefficient (Wildman–Crippen LogP) is 6.27. The normalized spacial score (nSPS) is 11.5. The summed E-state index contributed by atoms with van der Waals surface area (Å²) in [4.78, 5) is 0. The fourth-order valence-electron chi connectivity index (χ4n) is 2.89. The zero-order valence-electron chi connectivity index (χ0n) is 14.8. The van der Waals surface area contributed by atoms with Gasteiger partial charge in [0, 0.05) is 0 Å². The molecule has 0 aliphatic carbocycles. The maximum Gasteiger partial charge on any atom is 0.604 e. The molecule has 0 N–H and O–H groups in total. The molecule has 0 saturated carbocycles. The first-order valence-electron chi connectivity index (χ1n) is 7.60. The Balaban J connectivity index is 2.39. The Bertz CT molecular complexity index is 707. The van der Waals surface area contributed by atoms with Crippen LogP contribution in [0.5, 0.6) is 11.5 Å². The Morgan fingerprint density at radius 3 is 1.25 bits per heavy atom. The summed E-state index contributed by atoms with van der Waals surface area (Å²) in [7, 11) is -4.02. The first-order chi connectivity index (χ1) is 11.1. The van der Waals surface area contributed by atoms with Gasteiger partial charge in [-0.05, 0) is 63.8 Å². The van der Waals surface area contributed by atoms with Gasteiger partial charge < -0.3 is 9.05 Å². The predicted molar refractivity (Wildman–Crippen MR) is 97.1 cm³/mol. The van der Waals surface area contributed by atoms with Gasteiger partial charge in [0.05, 0.1) is 11.9 Å². The Morgan fingerprint density at radius 2 is 1.00 bits per heavy atom. The van der Waals surface area contributed by atoms with Crippen LogP contribution in [0.4, 0.5) is 0 Å². The van der Waals surface area contributed by atoms with Crippen LogP contribution in [0.2, 0.25) is 0 Å². The number of hydrogen-bond acceptors (Lipinski definition) is 4. The van der Waals surface area contributed by atoms with Crippen LogP contribution in [-0.4, -0.2) is 0 Å². The summed E-state index contributed by atoms with van der Waals surface area (Å²) in [5.41, 5.74) is 5.52. The molecule has 0 bridgehead atoms. The number of aryl methyl sites for hydroxylation is 6. The Hall–Kier alpha value is -1.48. The van der Waals surface area contributed by atoms with Crippen LogP contribution in [0.25, 0.3) is 0 Å². The largest absolute Gasteiger partial charge is 0.604 e. The van der Waals surface area contributed by atoms with E-state index in [0.717, 1.165) is 33.4 Å². The van der Waals surface area contributed by atoms with Gasteiger partial charge in [-0.15, -0.1) is 0 Å². The van der Waals surface area contributed by atoms with Crippen molar-refractivity contribution in [1.82, 2.24) is 0 Å². The first-order valence-corrected chi connectivity index (χ1v) is 9.37. The van der Waals surface area contributed by atoms with Gasteiger partial charge in [0.1, 0.15) is 11.5 Å². The van der Waals surface area contributed by atoms with Gasteiger partial charge in [0.15, 0.2) is 0 Å². The molecule has 24 heavy (non-hydrogen) atoms. The van der Waals surface area contributed by atoms with Crippen molar-refractivity contribution in [1.29, 1.82) is 0 Å². The molecule has 0 fully saturated rings. The molecule has 0 aliphatic rings. The second kappa shape index (κ2) is 7.18. The highest BCUT2D eigenvalue weighted by atomic mass is 35.5. The lowest BCUT2D eigenvalue weighted by Gasteiger charge is -2.21. The van der Waals surface area contributed by atoms with E-state index in [-0.39, 0.29) is 0 Å². The van der Waals surface area contributed by atoms with Crippen LogP contribution in [0.15, 0.2) is 24.3 Å². The minimum absolute atomic E-state index is 0.451. The summed E-state index contributed by atoms with van der Waals surface area (Å²) in [5.74, 6) is 0.902. The second-order valence-electron chi connectivity index (χ2n) is 6.15.